The van der Waals surface area contributed by atoms with E-state index in [9.17, 15) is 9.59 Å². The lowest BCUT2D eigenvalue weighted by Gasteiger charge is -2.08. The van der Waals surface area contributed by atoms with Crippen molar-refractivity contribution in [1.82, 2.24) is 10.1 Å². The van der Waals surface area contributed by atoms with Gasteiger partial charge in [-0.25, -0.2) is 4.79 Å². The Hall–Kier alpha value is -1.24. The maximum Gasteiger partial charge on any atom is 0.397 e. The summed E-state index contributed by atoms with van der Waals surface area (Å²) < 4.78 is 4.77. The first-order valence-electron chi connectivity index (χ1n) is 3.83. The minimum absolute atomic E-state index is 0.0764. The first kappa shape index (κ1) is 9.85. The smallest absolute Gasteiger partial charge is 0.397 e. The summed E-state index contributed by atoms with van der Waals surface area (Å²) in [5.74, 6) is -0.286. The average Bonchev–Trinajstić information content (AvgIpc) is 2.42. The summed E-state index contributed by atoms with van der Waals surface area (Å²) in [4.78, 5) is 22.4. The Balaban J connectivity index is 2.24. The molecule has 0 saturated carbocycles. The molecule has 1 saturated heterocycles. The molecule has 0 aromatic carbocycles. The Morgan fingerprint density at radius 2 is 2.54 bits per heavy atom. The Morgan fingerprint density at radius 1 is 1.85 bits per heavy atom. The Bertz CT molecular complexity index is 223. The van der Waals surface area contributed by atoms with E-state index in [-0.39, 0.29) is 31.6 Å². The van der Waals surface area contributed by atoms with Crippen molar-refractivity contribution in [1.29, 1.82) is 0 Å². The van der Waals surface area contributed by atoms with E-state index in [4.69, 9.17) is 18.5 Å². The molecule has 6 nitrogen and oxygen atoms in total. The van der Waals surface area contributed by atoms with Gasteiger partial charge in [-0.05, 0) is 0 Å². The predicted octanol–water partition coefficient (Wildman–Crippen LogP) is -2.03. The highest BCUT2D eigenvalue weighted by Gasteiger charge is 2.27. The third-order valence-electron chi connectivity index (χ3n) is 1.61. The van der Waals surface area contributed by atoms with Crippen molar-refractivity contribution in [3.8, 4) is 0 Å². The number of hydrogen-bond donors (Lipinski definition) is 2. The van der Waals surface area contributed by atoms with Crippen molar-refractivity contribution in [3.63, 3.8) is 0 Å². The zero-order valence-electron chi connectivity index (χ0n) is 7.03. The van der Waals surface area contributed by atoms with Crippen LogP contribution in [0.25, 0.3) is 0 Å². The highest BCUT2D eigenvalue weighted by molar-refractivity contribution is 6.13. The summed E-state index contributed by atoms with van der Waals surface area (Å²) in [6.45, 7) is 0.451. The molecule has 13 heavy (non-hydrogen) atoms. The minimum Gasteiger partial charge on any atom is -0.443 e. The Morgan fingerprint density at radius 3 is 3.00 bits per heavy atom. The number of hydrogen-bond acceptors (Lipinski definition) is 4. The van der Waals surface area contributed by atoms with Gasteiger partial charge in [-0.3, -0.25) is 4.79 Å². The molecule has 1 unspecified atom stereocenters. The van der Waals surface area contributed by atoms with Gasteiger partial charge >= 0.3 is 6.09 Å². The van der Waals surface area contributed by atoms with E-state index >= 15 is 0 Å². The van der Waals surface area contributed by atoms with Gasteiger partial charge in [-0.1, -0.05) is 0 Å². The second-order valence-electron chi connectivity index (χ2n) is 2.67. The van der Waals surface area contributed by atoms with Crippen LogP contribution in [0, 0.1) is 0 Å². The van der Waals surface area contributed by atoms with Gasteiger partial charge < -0.3 is 20.6 Å². The molecule has 70 valence electrons. The van der Waals surface area contributed by atoms with Crippen LogP contribution in [0.5, 0.6) is 0 Å². The molecule has 3 N–H and O–H groups in total. The zero-order valence-corrected chi connectivity index (χ0v) is 7.03. The van der Waals surface area contributed by atoms with Gasteiger partial charge in [0.25, 0.3) is 0 Å². The molecule has 2 amide bonds. The number of ether oxygens (including phenoxy) is 1. The summed E-state index contributed by atoms with van der Waals surface area (Å²) in [7, 11) is 5.23. The van der Waals surface area contributed by atoms with Gasteiger partial charge in [-0.2, -0.15) is 0 Å². The van der Waals surface area contributed by atoms with Gasteiger partial charge in [0.2, 0.25) is 13.9 Å². The summed E-state index contributed by atoms with van der Waals surface area (Å²) >= 11 is 0. The van der Waals surface area contributed by atoms with Crippen molar-refractivity contribution in [2.45, 2.75) is 6.10 Å². The number of carbonyl (C=O) groups is 2. The fourth-order valence-electron chi connectivity index (χ4n) is 0.948. The Labute approximate surface area is 76.8 Å². The van der Waals surface area contributed by atoms with Crippen molar-refractivity contribution >= 4 is 20.0 Å². The van der Waals surface area contributed by atoms with Crippen molar-refractivity contribution in [2.75, 3.05) is 19.6 Å². The molecule has 0 aromatic rings. The highest BCUT2D eigenvalue weighted by atomic mass is 16.6. The summed E-state index contributed by atoms with van der Waals surface area (Å²) in [6.07, 6.45) is -0.958. The van der Waals surface area contributed by atoms with Crippen LogP contribution in [0.2, 0.25) is 0 Å². The van der Waals surface area contributed by atoms with E-state index in [1.165, 1.54) is 0 Å². The molecule has 1 atom stereocenters. The number of rotatable bonds is 3. The van der Waals surface area contributed by atoms with Crippen molar-refractivity contribution in [3.05, 3.63) is 0 Å². The highest BCUT2D eigenvalue weighted by Crippen LogP contribution is 2.06. The molecule has 1 fully saturated rings. The second-order valence-corrected chi connectivity index (χ2v) is 2.67. The third kappa shape index (κ3) is 2.62. The molecule has 7 heteroatoms. The molecule has 0 spiro atoms. The van der Waals surface area contributed by atoms with Crippen LogP contribution in [0.4, 0.5) is 4.79 Å². The quantitative estimate of drug-likeness (QED) is 0.494. The lowest BCUT2D eigenvalue weighted by atomic mass is 10.3. The summed E-state index contributed by atoms with van der Waals surface area (Å²) in [6, 6.07) is 0. The van der Waals surface area contributed by atoms with Crippen LogP contribution in [0.15, 0.2) is 0 Å². The van der Waals surface area contributed by atoms with Crippen LogP contribution in [-0.4, -0.2) is 50.5 Å². The van der Waals surface area contributed by atoms with Crippen LogP contribution in [0.3, 0.4) is 0 Å². The normalized spacial score (nSPS) is 21.5. The number of nitrogens with zero attached hydrogens (tertiary/aromatic N) is 1. The molecule has 1 aliphatic heterocycles. The van der Waals surface area contributed by atoms with Crippen LogP contribution in [0.1, 0.15) is 0 Å². The van der Waals surface area contributed by atoms with Crippen LogP contribution in [-0.2, 0) is 9.53 Å². The summed E-state index contributed by atoms with van der Waals surface area (Å²) in [5, 5.41) is 2.49. The van der Waals surface area contributed by atoms with Gasteiger partial charge in [-0.15, -0.1) is 0 Å². The average molecular weight is 183 g/mol. The molecule has 1 aliphatic rings. The van der Waals surface area contributed by atoms with Gasteiger partial charge in [0.15, 0.2) is 0 Å². The minimum atomic E-state index is -0.577. The molecule has 1 rings (SSSR count). The van der Waals surface area contributed by atoms with Gasteiger partial charge in [0, 0.05) is 6.54 Å². The van der Waals surface area contributed by atoms with E-state index in [0.29, 0.717) is 0 Å². The van der Waals surface area contributed by atoms with Crippen LogP contribution < -0.4 is 11.1 Å². The van der Waals surface area contributed by atoms with Crippen molar-refractivity contribution < 1.29 is 14.3 Å². The molecular formula is C6H10BN3O3. The number of amides is 2. The maximum absolute atomic E-state index is 10.7. The molecule has 2 radical (unpaired) electrons. The van der Waals surface area contributed by atoms with Gasteiger partial charge in [0.05, 0.1) is 13.1 Å². The van der Waals surface area contributed by atoms with E-state index in [2.05, 4.69) is 5.32 Å². The summed E-state index contributed by atoms with van der Waals surface area (Å²) in [5.41, 5.74) is 5.06. The molecular weight excluding hydrogens is 173 g/mol. The van der Waals surface area contributed by atoms with Crippen molar-refractivity contribution in [2.24, 2.45) is 5.73 Å². The second kappa shape index (κ2) is 4.13. The molecule has 0 bridgehead atoms. The zero-order chi connectivity index (χ0) is 9.84. The lowest BCUT2D eigenvalue weighted by molar-refractivity contribution is -0.120. The van der Waals surface area contributed by atoms with E-state index < -0.39 is 6.09 Å². The fourth-order valence-corrected chi connectivity index (χ4v) is 0.948. The van der Waals surface area contributed by atoms with E-state index in [0.717, 1.165) is 4.81 Å². The Kier molecular flexibility index (Phi) is 3.13. The standard InChI is InChI=1S/C6H10BN3O3/c7-10-3-4(13-6(10)12)2-9-5(11)1-8/h4H,1-3,8H2,(H,9,11). The lowest BCUT2D eigenvalue weighted by Crippen LogP contribution is -2.37. The third-order valence-corrected chi connectivity index (χ3v) is 1.61. The number of nitrogens with one attached hydrogen (secondary N) is 1. The first-order valence-corrected chi connectivity index (χ1v) is 3.83. The topological polar surface area (TPSA) is 84.7 Å². The van der Waals surface area contributed by atoms with E-state index in [1.54, 1.807) is 0 Å². The number of carbonyl (C=O) groups excluding carboxylic acids is 2. The number of cyclic esters (lactones) is 1. The molecule has 0 aliphatic carbocycles. The number of nitrogens with two attached hydrogens (primary N) is 1. The first-order chi connectivity index (χ1) is 6.13. The fraction of sp³-hybridized carbons (Fsp3) is 0.667. The van der Waals surface area contributed by atoms with Crippen LogP contribution >= 0.6 is 0 Å². The maximum atomic E-state index is 10.7. The monoisotopic (exact) mass is 183 g/mol. The predicted molar refractivity (Wildman–Crippen MR) is 44.8 cm³/mol. The SMILES string of the molecule is [B]N1CC(CNC(=O)CN)OC1=O. The largest absolute Gasteiger partial charge is 0.443 e. The molecule has 1 heterocycles. The molecule has 0 aromatic heterocycles. The van der Waals surface area contributed by atoms with E-state index in [1.807, 2.05) is 0 Å². The van der Waals surface area contributed by atoms with Gasteiger partial charge in [0.1, 0.15) is 6.10 Å².